The maximum Gasteiger partial charge on any atom is 0.235 e. The summed E-state index contributed by atoms with van der Waals surface area (Å²) in [6.07, 6.45) is 5.23. The molecular formula is C9H16N2O. The number of aliphatic imine (C=N–C) groups is 1. The zero-order valence-corrected chi connectivity index (χ0v) is 7.62. The average Bonchev–Trinajstić information content (AvgIpc) is 2.53. The third kappa shape index (κ3) is 3.16. The Hall–Kier alpha value is -0.660. The zero-order chi connectivity index (χ0) is 8.81. The highest BCUT2D eigenvalue weighted by atomic mass is 16.1. The Labute approximate surface area is 73.5 Å². The summed E-state index contributed by atoms with van der Waals surface area (Å²) in [5.41, 5.74) is 0. The molecule has 0 aromatic heterocycles. The number of nitrogens with zero attached hydrogens (tertiary/aromatic N) is 2. The van der Waals surface area contributed by atoms with E-state index in [1.165, 1.54) is 25.9 Å². The molecule has 1 atom stereocenters. The lowest BCUT2D eigenvalue weighted by Gasteiger charge is -2.14. The van der Waals surface area contributed by atoms with Gasteiger partial charge in [0.2, 0.25) is 6.08 Å². The Balaban J connectivity index is 2.11. The van der Waals surface area contributed by atoms with E-state index in [0.717, 1.165) is 13.0 Å². The van der Waals surface area contributed by atoms with Gasteiger partial charge in [-0.1, -0.05) is 0 Å². The van der Waals surface area contributed by atoms with E-state index in [4.69, 9.17) is 0 Å². The smallest absolute Gasteiger partial charge is 0.235 e. The van der Waals surface area contributed by atoms with Gasteiger partial charge >= 0.3 is 0 Å². The molecule has 12 heavy (non-hydrogen) atoms. The average molecular weight is 168 g/mol. The van der Waals surface area contributed by atoms with Crippen LogP contribution in [0.5, 0.6) is 0 Å². The first-order chi connectivity index (χ1) is 5.83. The van der Waals surface area contributed by atoms with Gasteiger partial charge in [0.05, 0.1) is 6.04 Å². The van der Waals surface area contributed by atoms with E-state index in [9.17, 15) is 4.79 Å². The van der Waals surface area contributed by atoms with Crippen molar-refractivity contribution in [1.29, 1.82) is 0 Å². The quantitative estimate of drug-likeness (QED) is 0.466. The molecule has 1 heterocycles. The molecule has 0 aromatic carbocycles. The summed E-state index contributed by atoms with van der Waals surface area (Å²) in [4.78, 5) is 16.0. The molecule has 0 amide bonds. The van der Waals surface area contributed by atoms with Crippen molar-refractivity contribution in [2.45, 2.75) is 32.2 Å². The molecule has 1 aliphatic rings. The number of hydrogen-bond donors (Lipinski definition) is 0. The molecule has 0 saturated carbocycles. The predicted molar refractivity (Wildman–Crippen MR) is 47.9 cm³/mol. The van der Waals surface area contributed by atoms with Crippen LogP contribution in [-0.2, 0) is 4.79 Å². The molecule has 1 aliphatic heterocycles. The number of hydrogen-bond acceptors (Lipinski definition) is 3. The molecule has 0 radical (unpaired) electrons. The number of isocyanates is 1. The Kier molecular flexibility index (Phi) is 3.98. The van der Waals surface area contributed by atoms with Crippen LogP contribution in [0.4, 0.5) is 0 Å². The highest BCUT2D eigenvalue weighted by Crippen LogP contribution is 2.08. The first-order valence-electron chi connectivity index (χ1n) is 4.62. The zero-order valence-electron chi connectivity index (χ0n) is 7.62. The Morgan fingerprint density at radius 1 is 1.50 bits per heavy atom. The van der Waals surface area contributed by atoms with Gasteiger partial charge in [0.15, 0.2) is 0 Å². The monoisotopic (exact) mass is 168 g/mol. The third-order valence-electron chi connectivity index (χ3n) is 2.33. The minimum Gasteiger partial charge on any atom is -0.303 e. The van der Waals surface area contributed by atoms with Crippen LogP contribution in [0.2, 0.25) is 0 Å². The molecule has 68 valence electrons. The van der Waals surface area contributed by atoms with Gasteiger partial charge < -0.3 is 4.90 Å². The Bertz CT molecular complexity index is 169. The molecule has 1 saturated heterocycles. The van der Waals surface area contributed by atoms with E-state index in [1.807, 2.05) is 6.92 Å². The molecule has 0 N–H and O–H groups in total. The fraction of sp³-hybridized carbons (Fsp3) is 0.889. The molecule has 3 nitrogen and oxygen atoms in total. The van der Waals surface area contributed by atoms with Crippen molar-refractivity contribution in [3.05, 3.63) is 0 Å². The summed E-state index contributed by atoms with van der Waals surface area (Å²) in [5, 5.41) is 0. The minimum absolute atomic E-state index is 0.142. The fourth-order valence-corrected chi connectivity index (χ4v) is 1.53. The topological polar surface area (TPSA) is 32.7 Å². The molecule has 0 spiro atoms. The van der Waals surface area contributed by atoms with Crippen LogP contribution in [0.3, 0.4) is 0 Å². The van der Waals surface area contributed by atoms with Crippen LogP contribution in [0.25, 0.3) is 0 Å². The van der Waals surface area contributed by atoms with Crippen molar-refractivity contribution in [3.63, 3.8) is 0 Å². The van der Waals surface area contributed by atoms with Gasteiger partial charge in [-0.2, -0.15) is 0 Å². The molecule has 0 bridgehead atoms. The third-order valence-corrected chi connectivity index (χ3v) is 2.33. The Morgan fingerprint density at radius 2 is 2.17 bits per heavy atom. The summed E-state index contributed by atoms with van der Waals surface area (Å²) >= 11 is 0. The van der Waals surface area contributed by atoms with Gasteiger partial charge in [0.25, 0.3) is 0 Å². The van der Waals surface area contributed by atoms with Crippen molar-refractivity contribution in [2.75, 3.05) is 19.6 Å². The molecule has 0 aliphatic carbocycles. The van der Waals surface area contributed by atoms with Crippen LogP contribution in [0.1, 0.15) is 26.2 Å². The van der Waals surface area contributed by atoms with Crippen LogP contribution in [0, 0.1) is 0 Å². The second-order valence-corrected chi connectivity index (χ2v) is 3.41. The second-order valence-electron chi connectivity index (χ2n) is 3.41. The van der Waals surface area contributed by atoms with Crippen molar-refractivity contribution < 1.29 is 4.79 Å². The van der Waals surface area contributed by atoms with Crippen molar-refractivity contribution in [2.24, 2.45) is 4.99 Å². The number of carbonyl (C=O) groups excluding carboxylic acids is 1. The number of rotatable bonds is 4. The minimum atomic E-state index is 0.142. The van der Waals surface area contributed by atoms with Crippen LogP contribution in [0.15, 0.2) is 4.99 Å². The summed E-state index contributed by atoms with van der Waals surface area (Å²) in [6.45, 7) is 5.47. The summed E-state index contributed by atoms with van der Waals surface area (Å²) < 4.78 is 0. The van der Waals surface area contributed by atoms with Gasteiger partial charge in [0.1, 0.15) is 0 Å². The summed E-state index contributed by atoms with van der Waals surface area (Å²) in [5.74, 6) is 0. The van der Waals surface area contributed by atoms with Gasteiger partial charge in [-0.3, -0.25) is 0 Å². The van der Waals surface area contributed by atoms with E-state index in [0.29, 0.717) is 0 Å². The normalized spacial score (nSPS) is 20.4. The molecule has 3 heteroatoms. The molecule has 1 rings (SSSR count). The first-order valence-corrected chi connectivity index (χ1v) is 4.62. The molecule has 1 unspecified atom stereocenters. The first kappa shape index (κ1) is 9.43. The molecular weight excluding hydrogens is 152 g/mol. The van der Waals surface area contributed by atoms with Gasteiger partial charge in [0, 0.05) is 6.54 Å². The lowest BCUT2D eigenvalue weighted by Crippen LogP contribution is -2.22. The van der Waals surface area contributed by atoms with Gasteiger partial charge in [-0.25, -0.2) is 9.79 Å². The van der Waals surface area contributed by atoms with Crippen LogP contribution >= 0.6 is 0 Å². The van der Waals surface area contributed by atoms with Gasteiger partial charge in [-0.05, 0) is 39.3 Å². The van der Waals surface area contributed by atoms with E-state index in [2.05, 4.69) is 9.89 Å². The van der Waals surface area contributed by atoms with Crippen LogP contribution in [-0.4, -0.2) is 36.7 Å². The van der Waals surface area contributed by atoms with Crippen molar-refractivity contribution in [3.8, 4) is 0 Å². The Morgan fingerprint density at radius 3 is 2.75 bits per heavy atom. The standard InChI is InChI=1S/C9H16N2O/c1-9(10-8-12)4-7-11-5-2-3-6-11/h9H,2-7H2,1H3. The predicted octanol–water partition coefficient (Wildman–Crippen LogP) is 1.20. The molecule has 1 fully saturated rings. The lowest BCUT2D eigenvalue weighted by atomic mass is 10.2. The van der Waals surface area contributed by atoms with E-state index in [-0.39, 0.29) is 6.04 Å². The summed E-state index contributed by atoms with van der Waals surface area (Å²) in [6, 6.07) is 0.142. The van der Waals surface area contributed by atoms with E-state index >= 15 is 0 Å². The van der Waals surface area contributed by atoms with Crippen molar-refractivity contribution in [1.82, 2.24) is 4.90 Å². The fourth-order valence-electron chi connectivity index (χ4n) is 1.53. The largest absolute Gasteiger partial charge is 0.303 e. The maximum absolute atomic E-state index is 9.91. The maximum atomic E-state index is 9.91. The highest BCUT2D eigenvalue weighted by Gasteiger charge is 2.11. The van der Waals surface area contributed by atoms with Crippen LogP contribution < -0.4 is 0 Å². The van der Waals surface area contributed by atoms with E-state index in [1.54, 1.807) is 6.08 Å². The lowest BCUT2D eigenvalue weighted by molar-refractivity contribution is 0.325. The van der Waals surface area contributed by atoms with Crippen molar-refractivity contribution >= 4 is 6.08 Å². The van der Waals surface area contributed by atoms with Gasteiger partial charge in [-0.15, -0.1) is 0 Å². The second kappa shape index (κ2) is 5.07. The number of likely N-dealkylation sites (tertiary alicyclic amines) is 1. The highest BCUT2D eigenvalue weighted by molar-refractivity contribution is 5.33. The van der Waals surface area contributed by atoms with E-state index < -0.39 is 0 Å². The summed E-state index contributed by atoms with van der Waals surface area (Å²) in [7, 11) is 0. The molecule has 0 aromatic rings. The SMILES string of the molecule is CC(CCN1CCCC1)N=C=O.